The Morgan fingerprint density at radius 1 is 1.48 bits per heavy atom. The van der Waals surface area contributed by atoms with E-state index < -0.39 is 21.4 Å². The minimum Gasteiger partial charge on any atom is -0.398 e. The zero-order valence-corrected chi connectivity index (χ0v) is 14.4. The lowest BCUT2D eigenvalue weighted by molar-refractivity contribution is 0.0386. The van der Waals surface area contributed by atoms with Gasteiger partial charge in [0.25, 0.3) is 0 Å². The van der Waals surface area contributed by atoms with Gasteiger partial charge in [-0.3, -0.25) is 0 Å². The summed E-state index contributed by atoms with van der Waals surface area (Å²) in [6, 6.07) is 2.02. The highest BCUT2D eigenvalue weighted by atomic mass is 79.9. The van der Waals surface area contributed by atoms with Crippen molar-refractivity contribution in [2.24, 2.45) is 0 Å². The van der Waals surface area contributed by atoms with Crippen LogP contribution in [-0.2, 0) is 10.0 Å². The molecule has 0 heterocycles. The van der Waals surface area contributed by atoms with Crippen molar-refractivity contribution in [3.8, 4) is 0 Å². The summed E-state index contributed by atoms with van der Waals surface area (Å²) in [6.45, 7) is 1.60. The molecule has 4 N–H and O–H groups in total. The normalized spacial score (nSPS) is 15.2. The number of rotatable bonds is 6. The molecule has 0 saturated carbocycles. The van der Waals surface area contributed by atoms with E-state index in [0.29, 0.717) is 0 Å². The molecule has 0 aliphatic carbocycles. The van der Waals surface area contributed by atoms with Crippen LogP contribution in [0.2, 0.25) is 0 Å². The fraction of sp³-hybridized carbons (Fsp3) is 0.500. The Kier molecular flexibility index (Phi) is 5.73. The lowest BCUT2D eigenvalue weighted by Gasteiger charge is -2.27. The maximum atomic E-state index is 13.3. The van der Waals surface area contributed by atoms with Crippen LogP contribution in [0.1, 0.15) is 6.92 Å². The number of likely N-dealkylation sites (N-methyl/N-ethyl adjacent to an activating group) is 1. The topological polar surface area (TPSA) is 95.7 Å². The summed E-state index contributed by atoms with van der Waals surface area (Å²) in [5.74, 6) is -0.647. The van der Waals surface area contributed by atoms with Gasteiger partial charge in [-0.05, 0) is 49.1 Å². The van der Waals surface area contributed by atoms with E-state index in [1.165, 1.54) is 6.92 Å². The monoisotopic (exact) mass is 383 g/mol. The van der Waals surface area contributed by atoms with E-state index >= 15 is 0 Å². The molecule has 0 aliphatic rings. The van der Waals surface area contributed by atoms with E-state index in [9.17, 15) is 17.9 Å². The summed E-state index contributed by atoms with van der Waals surface area (Å²) in [5.41, 5.74) is 4.10. The van der Waals surface area contributed by atoms with E-state index in [-0.39, 0.29) is 28.1 Å². The standard InChI is InChI=1S/C12H19BrFN3O3S/c1-12(18,7-17(2)3)6-16-21(19,20)11-4-8(13)9(14)5-10(11)15/h4-5,16,18H,6-7,15H2,1-3H3. The fourth-order valence-electron chi connectivity index (χ4n) is 1.84. The minimum absolute atomic E-state index is 0.00266. The van der Waals surface area contributed by atoms with E-state index in [2.05, 4.69) is 20.7 Å². The van der Waals surface area contributed by atoms with E-state index in [0.717, 1.165) is 12.1 Å². The third-order valence-electron chi connectivity index (χ3n) is 2.64. The van der Waals surface area contributed by atoms with Gasteiger partial charge in [-0.1, -0.05) is 0 Å². The van der Waals surface area contributed by atoms with Gasteiger partial charge in [0.1, 0.15) is 10.7 Å². The van der Waals surface area contributed by atoms with Crippen molar-refractivity contribution in [2.45, 2.75) is 17.4 Å². The number of nitrogen functional groups attached to an aromatic ring is 1. The van der Waals surface area contributed by atoms with E-state index in [1.807, 2.05) is 0 Å². The van der Waals surface area contributed by atoms with Crippen molar-refractivity contribution in [1.82, 2.24) is 9.62 Å². The number of aliphatic hydroxyl groups is 1. The van der Waals surface area contributed by atoms with Crippen molar-refractivity contribution < 1.29 is 17.9 Å². The van der Waals surface area contributed by atoms with Crippen LogP contribution in [0.3, 0.4) is 0 Å². The van der Waals surface area contributed by atoms with Crippen LogP contribution in [0, 0.1) is 5.82 Å². The highest BCUT2D eigenvalue weighted by Gasteiger charge is 2.26. The molecule has 0 fully saturated rings. The van der Waals surface area contributed by atoms with Crippen molar-refractivity contribution in [1.29, 1.82) is 0 Å². The van der Waals surface area contributed by atoms with Gasteiger partial charge in [0.05, 0.1) is 15.8 Å². The molecule has 1 rings (SSSR count). The predicted octanol–water partition coefficient (Wildman–Crippen LogP) is 0.761. The molecule has 1 aromatic rings. The first-order valence-corrected chi connectivity index (χ1v) is 8.33. The minimum atomic E-state index is -3.95. The second kappa shape index (κ2) is 6.57. The Morgan fingerprint density at radius 3 is 2.57 bits per heavy atom. The average molecular weight is 384 g/mol. The number of nitrogens with zero attached hydrogens (tertiary/aromatic N) is 1. The zero-order chi connectivity index (χ0) is 16.4. The average Bonchev–Trinajstić information content (AvgIpc) is 2.30. The van der Waals surface area contributed by atoms with Gasteiger partial charge in [-0.15, -0.1) is 0 Å². The maximum Gasteiger partial charge on any atom is 0.242 e. The summed E-state index contributed by atoms with van der Waals surface area (Å²) in [6.07, 6.45) is 0. The van der Waals surface area contributed by atoms with Gasteiger partial charge in [-0.25, -0.2) is 17.5 Å². The first kappa shape index (κ1) is 18.3. The second-order valence-electron chi connectivity index (χ2n) is 5.36. The number of hydrogen-bond acceptors (Lipinski definition) is 5. The van der Waals surface area contributed by atoms with Crippen molar-refractivity contribution in [2.75, 3.05) is 32.9 Å². The molecule has 0 aliphatic heterocycles. The number of hydrogen-bond donors (Lipinski definition) is 3. The SMILES string of the molecule is CN(C)CC(C)(O)CNS(=O)(=O)c1cc(Br)c(F)cc1N. The fourth-order valence-corrected chi connectivity index (χ4v) is 3.64. The van der Waals surface area contributed by atoms with Crippen molar-refractivity contribution in [3.05, 3.63) is 22.4 Å². The Morgan fingerprint density at radius 2 is 2.05 bits per heavy atom. The van der Waals surface area contributed by atoms with Crippen LogP contribution in [0.5, 0.6) is 0 Å². The number of benzene rings is 1. The summed E-state index contributed by atoms with van der Waals surface area (Å²) < 4.78 is 39.9. The number of sulfonamides is 1. The molecule has 0 aromatic heterocycles. The summed E-state index contributed by atoms with van der Waals surface area (Å²) >= 11 is 2.92. The Labute approximate surface area is 132 Å². The van der Waals surface area contributed by atoms with Crippen LogP contribution < -0.4 is 10.5 Å². The quantitative estimate of drug-likeness (QED) is 0.630. The summed E-state index contributed by atoms with van der Waals surface area (Å²) in [5, 5.41) is 10.1. The number of halogens is 2. The second-order valence-corrected chi connectivity index (χ2v) is 7.95. The molecular weight excluding hydrogens is 365 g/mol. The van der Waals surface area contributed by atoms with Crippen LogP contribution in [0.4, 0.5) is 10.1 Å². The first-order chi connectivity index (χ1) is 9.44. The molecule has 1 atom stereocenters. The molecule has 0 radical (unpaired) electrons. The highest BCUT2D eigenvalue weighted by molar-refractivity contribution is 9.10. The van der Waals surface area contributed by atoms with Crippen LogP contribution in [-0.4, -0.2) is 51.2 Å². The highest BCUT2D eigenvalue weighted by Crippen LogP contribution is 2.26. The van der Waals surface area contributed by atoms with E-state index in [1.54, 1.807) is 19.0 Å². The summed E-state index contributed by atoms with van der Waals surface area (Å²) in [7, 11) is -0.425. The molecule has 9 heteroatoms. The van der Waals surface area contributed by atoms with Crippen LogP contribution >= 0.6 is 15.9 Å². The zero-order valence-electron chi connectivity index (χ0n) is 12.0. The Bertz CT molecular complexity index is 620. The number of nitrogens with one attached hydrogen (secondary N) is 1. The van der Waals surface area contributed by atoms with Gasteiger partial charge >= 0.3 is 0 Å². The number of anilines is 1. The molecule has 1 unspecified atom stereocenters. The Balaban J connectivity index is 2.95. The smallest absolute Gasteiger partial charge is 0.242 e. The molecule has 1 aromatic carbocycles. The van der Waals surface area contributed by atoms with Crippen molar-refractivity contribution >= 4 is 31.6 Å². The molecular formula is C12H19BrFN3O3S. The van der Waals surface area contributed by atoms with Crippen molar-refractivity contribution in [3.63, 3.8) is 0 Å². The lowest BCUT2D eigenvalue weighted by Crippen LogP contribution is -2.47. The van der Waals surface area contributed by atoms with Crippen LogP contribution in [0.25, 0.3) is 0 Å². The molecule has 0 saturated heterocycles. The maximum absolute atomic E-state index is 13.3. The van der Waals surface area contributed by atoms with Crippen LogP contribution in [0.15, 0.2) is 21.5 Å². The lowest BCUT2D eigenvalue weighted by atomic mass is 10.1. The van der Waals surface area contributed by atoms with Gasteiger partial charge in [0, 0.05) is 13.1 Å². The molecule has 0 bridgehead atoms. The molecule has 0 spiro atoms. The first-order valence-electron chi connectivity index (χ1n) is 6.06. The van der Waals surface area contributed by atoms with Gasteiger partial charge in [0.2, 0.25) is 10.0 Å². The third-order valence-corrected chi connectivity index (χ3v) is 4.71. The van der Waals surface area contributed by atoms with Gasteiger partial charge in [-0.2, -0.15) is 0 Å². The molecule has 21 heavy (non-hydrogen) atoms. The Hall–Kier alpha value is -0.740. The molecule has 0 amide bonds. The van der Waals surface area contributed by atoms with E-state index in [4.69, 9.17) is 5.73 Å². The number of nitrogens with two attached hydrogens (primary N) is 1. The predicted molar refractivity (Wildman–Crippen MR) is 82.9 cm³/mol. The molecule has 120 valence electrons. The van der Waals surface area contributed by atoms with Gasteiger partial charge in [0.15, 0.2) is 0 Å². The molecule has 6 nitrogen and oxygen atoms in total. The summed E-state index contributed by atoms with van der Waals surface area (Å²) in [4.78, 5) is 1.49. The third kappa shape index (κ3) is 5.19. The largest absolute Gasteiger partial charge is 0.398 e. The van der Waals surface area contributed by atoms with Gasteiger partial charge < -0.3 is 15.7 Å².